The minimum Gasteiger partial charge on any atom is -0.378 e. The van der Waals surface area contributed by atoms with Crippen LogP contribution in [0.15, 0.2) is 0 Å². The molecular weight excluding hydrogens is 247 g/mol. The van der Waals surface area contributed by atoms with E-state index in [1.54, 1.807) is 0 Å². The smallest absolute Gasteiger partial charge is 0.378 e. The normalized spacial score (nSPS) is 28.8. The van der Waals surface area contributed by atoms with Crippen molar-refractivity contribution in [2.24, 2.45) is 5.41 Å². The summed E-state index contributed by atoms with van der Waals surface area (Å²) in [6.07, 6.45) is -2.72. The first-order chi connectivity index (χ1) is 8.40. The van der Waals surface area contributed by atoms with Crippen molar-refractivity contribution >= 4 is 0 Å². The summed E-state index contributed by atoms with van der Waals surface area (Å²) >= 11 is 0. The first kappa shape index (κ1) is 15.7. The van der Waals surface area contributed by atoms with E-state index in [-0.39, 0.29) is 18.1 Å². The van der Waals surface area contributed by atoms with Gasteiger partial charge in [0, 0.05) is 25.2 Å². The average Bonchev–Trinajstić information content (AvgIpc) is 2.63. The summed E-state index contributed by atoms with van der Waals surface area (Å²) < 4.78 is 46.2. The summed E-state index contributed by atoms with van der Waals surface area (Å²) in [6, 6.07) is 0. The average molecular weight is 269 g/mol. The molecule has 0 amide bonds. The summed E-state index contributed by atoms with van der Waals surface area (Å²) in [6.45, 7) is 5.23. The Labute approximate surface area is 106 Å². The van der Waals surface area contributed by atoms with Crippen molar-refractivity contribution in [2.45, 2.75) is 39.0 Å². The van der Waals surface area contributed by atoms with Crippen LogP contribution in [0.5, 0.6) is 0 Å². The van der Waals surface area contributed by atoms with Gasteiger partial charge in [0.2, 0.25) is 0 Å². The molecule has 0 bridgehead atoms. The van der Waals surface area contributed by atoms with Gasteiger partial charge < -0.3 is 14.8 Å². The standard InChI is InChI=1S/C12H22F3NO2/c1-3-16-8-11(5-7-18-10(11)2)4-6-17-9-12(13,14)15/h10,16H,3-9H2,1-2H3. The fourth-order valence-electron chi connectivity index (χ4n) is 2.31. The number of rotatable bonds is 7. The molecule has 1 rings (SSSR count). The van der Waals surface area contributed by atoms with Crippen molar-refractivity contribution in [1.82, 2.24) is 5.32 Å². The van der Waals surface area contributed by atoms with Gasteiger partial charge in [-0.15, -0.1) is 0 Å². The van der Waals surface area contributed by atoms with Crippen molar-refractivity contribution in [1.29, 1.82) is 0 Å². The van der Waals surface area contributed by atoms with Gasteiger partial charge in [0.1, 0.15) is 6.61 Å². The van der Waals surface area contributed by atoms with Crippen molar-refractivity contribution in [2.75, 3.05) is 32.9 Å². The summed E-state index contributed by atoms with van der Waals surface area (Å²) in [5.41, 5.74) is -0.0956. The highest BCUT2D eigenvalue weighted by atomic mass is 19.4. The highest BCUT2D eigenvalue weighted by molar-refractivity contribution is 4.91. The zero-order chi connectivity index (χ0) is 13.6. The predicted molar refractivity (Wildman–Crippen MR) is 62.5 cm³/mol. The number of halogens is 3. The van der Waals surface area contributed by atoms with Crippen LogP contribution < -0.4 is 5.32 Å². The monoisotopic (exact) mass is 269 g/mol. The van der Waals surface area contributed by atoms with Gasteiger partial charge in [-0.25, -0.2) is 0 Å². The molecule has 0 aromatic rings. The van der Waals surface area contributed by atoms with Gasteiger partial charge in [0.05, 0.1) is 6.10 Å². The van der Waals surface area contributed by atoms with Crippen molar-refractivity contribution in [3.63, 3.8) is 0 Å². The van der Waals surface area contributed by atoms with Crippen LogP contribution in [-0.2, 0) is 9.47 Å². The summed E-state index contributed by atoms with van der Waals surface area (Å²) in [5.74, 6) is 0. The molecule has 108 valence electrons. The topological polar surface area (TPSA) is 30.5 Å². The van der Waals surface area contributed by atoms with E-state index in [1.165, 1.54) is 0 Å². The molecular formula is C12H22F3NO2. The van der Waals surface area contributed by atoms with E-state index in [1.807, 2.05) is 13.8 Å². The van der Waals surface area contributed by atoms with Crippen LogP contribution >= 0.6 is 0 Å². The Morgan fingerprint density at radius 1 is 1.44 bits per heavy atom. The van der Waals surface area contributed by atoms with Crippen molar-refractivity contribution in [3.05, 3.63) is 0 Å². The number of hydrogen-bond acceptors (Lipinski definition) is 3. The molecule has 1 saturated heterocycles. The van der Waals surface area contributed by atoms with Gasteiger partial charge in [0.25, 0.3) is 0 Å². The molecule has 0 aromatic heterocycles. The molecule has 1 N–H and O–H groups in total. The molecule has 0 aliphatic carbocycles. The minimum absolute atomic E-state index is 0.0611. The van der Waals surface area contributed by atoms with Crippen LogP contribution in [0.4, 0.5) is 13.2 Å². The lowest BCUT2D eigenvalue weighted by atomic mass is 9.78. The molecule has 6 heteroatoms. The predicted octanol–water partition coefficient (Wildman–Crippen LogP) is 2.36. The van der Waals surface area contributed by atoms with Gasteiger partial charge in [-0.05, 0) is 26.3 Å². The SMILES string of the molecule is CCNCC1(CCOCC(F)(F)F)CCOC1C. The first-order valence-electron chi connectivity index (χ1n) is 6.36. The van der Waals surface area contributed by atoms with Crippen LogP contribution in [0.1, 0.15) is 26.7 Å². The Bertz CT molecular complexity index is 248. The summed E-state index contributed by atoms with van der Waals surface area (Å²) in [4.78, 5) is 0. The van der Waals surface area contributed by atoms with E-state index < -0.39 is 12.8 Å². The Balaban J connectivity index is 2.38. The van der Waals surface area contributed by atoms with Gasteiger partial charge in [-0.1, -0.05) is 6.92 Å². The van der Waals surface area contributed by atoms with Crippen LogP contribution in [0, 0.1) is 5.41 Å². The third-order valence-corrected chi connectivity index (χ3v) is 3.57. The molecule has 0 saturated carbocycles. The molecule has 2 unspecified atom stereocenters. The Hall–Kier alpha value is -0.330. The van der Waals surface area contributed by atoms with E-state index in [2.05, 4.69) is 5.32 Å². The molecule has 1 aliphatic heterocycles. The maximum atomic E-state index is 12.0. The first-order valence-corrected chi connectivity index (χ1v) is 6.36. The van der Waals surface area contributed by atoms with E-state index in [0.717, 1.165) is 19.5 Å². The lowest BCUT2D eigenvalue weighted by molar-refractivity contribution is -0.175. The molecule has 1 fully saturated rings. The van der Waals surface area contributed by atoms with Crippen LogP contribution in [-0.4, -0.2) is 45.2 Å². The molecule has 0 spiro atoms. The van der Waals surface area contributed by atoms with Crippen LogP contribution in [0.2, 0.25) is 0 Å². The van der Waals surface area contributed by atoms with E-state index >= 15 is 0 Å². The van der Waals surface area contributed by atoms with Gasteiger partial charge in [0.15, 0.2) is 0 Å². The lowest BCUT2D eigenvalue weighted by Crippen LogP contribution is -2.40. The van der Waals surface area contributed by atoms with Gasteiger partial charge >= 0.3 is 6.18 Å². The third-order valence-electron chi connectivity index (χ3n) is 3.57. The molecule has 18 heavy (non-hydrogen) atoms. The lowest BCUT2D eigenvalue weighted by Gasteiger charge is -2.32. The molecule has 3 nitrogen and oxygen atoms in total. The third kappa shape index (κ3) is 4.74. The zero-order valence-corrected chi connectivity index (χ0v) is 11.0. The highest BCUT2D eigenvalue weighted by Gasteiger charge is 2.41. The van der Waals surface area contributed by atoms with E-state index in [9.17, 15) is 13.2 Å². The molecule has 1 aliphatic rings. The van der Waals surface area contributed by atoms with Crippen molar-refractivity contribution < 1.29 is 22.6 Å². The Morgan fingerprint density at radius 3 is 2.67 bits per heavy atom. The molecule has 0 aromatic carbocycles. The Morgan fingerprint density at radius 2 is 2.17 bits per heavy atom. The summed E-state index contributed by atoms with van der Waals surface area (Å²) in [5, 5.41) is 3.26. The Kier molecular flexibility index (Phi) is 5.88. The molecule has 1 heterocycles. The van der Waals surface area contributed by atoms with E-state index in [4.69, 9.17) is 9.47 Å². The minimum atomic E-state index is -4.24. The number of nitrogens with one attached hydrogen (secondary N) is 1. The van der Waals surface area contributed by atoms with Gasteiger partial charge in [-0.2, -0.15) is 13.2 Å². The number of hydrogen-bond donors (Lipinski definition) is 1. The second-order valence-electron chi connectivity index (χ2n) is 4.82. The zero-order valence-electron chi connectivity index (χ0n) is 11.0. The van der Waals surface area contributed by atoms with Crippen LogP contribution in [0.25, 0.3) is 0 Å². The maximum Gasteiger partial charge on any atom is 0.411 e. The number of ether oxygens (including phenoxy) is 2. The van der Waals surface area contributed by atoms with Crippen LogP contribution in [0.3, 0.4) is 0 Å². The van der Waals surface area contributed by atoms with E-state index in [0.29, 0.717) is 13.0 Å². The largest absolute Gasteiger partial charge is 0.411 e. The summed E-state index contributed by atoms with van der Waals surface area (Å²) in [7, 11) is 0. The highest BCUT2D eigenvalue weighted by Crippen LogP contribution is 2.37. The second-order valence-corrected chi connectivity index (χ2v) is 4.82. The number of alkyl halides is 3. The maximum absolute atomic E-state index is 12.0. The second kappa shape index (κ2) is 6.73. The quantitative estimate of drug-likeness (QED) is 0.720. The molecule has 0 radical (unpaired) electrons. The van der Waals surface area contributed by atoms with Crippen molar-refractivity contribution in [3.8, 4) is 0 Å². The fourth-order valence-corrected chi connectivity index (χ4v) is 2.31. The fraction of sp³-hybridized carbons (Fsp3) is 1.00. The van der Waals surface area contributed by atoms with Gasteiger partial charge in [-0.3, -0.25) is 0 Å². The molecule has 2 atom stereocenters.